The molecule has 0 unspecified atom stereocenters. The average Bonchev–Trinajstić information content (AvgIpc) is 2.08. The number of nitrogens with one attached hydrogen (secondary N) is 1. The van der Waals surface area contributed by atoms with Gasteiger partial charge in [-0.15, -0.1) is 0 Å². The summed E-state index contributed by atoms with van der Waals surface area (Å²) in [7, 11) is 1.84. The zero-order valence-corrected chi connectivity index (χ0v) is 8.47. The van der Waals surface area contributed by atoms with Crippen molar-refractivity contribution in [2.24, 2.45) is 0 Å². The molecule has 0 fully saturated rings. The number of nitrogens with zero attached hydrogens (tertiary/aromatic N) is 2. The van der Waals surface area contributed by atoms with Crippen LogP contribution in [-0.4, -0.2) is 17.0 Å². The molecule has 0 saturated heterocycles. The van der Waals surface area contributed by atoms with Crippen molar-refractivity contribution in [1.29, 1.82) is 0 Å². The van der Waals surface area contributed by atoms with Gasteiger partial charge in [-0.25, -0.2) is 4.98 Å². The van der Waals surface area contributed by atoms with E-state index in [2.05, 4.69) is 15.3 Å². The van der Waals surface area contributed by atoms with Crippen molar-refractivity contribution in [2.75, 3.05) is 12.4 Å². The van der Waals surface area contributed by atoms with Crippen LogP contribution in [0.1, 0.15) is 25.2 Å². The lowest BCUT2D eigenvalue weighted by Crippen LogP contribution is -1.98. The molecule has 0 saturated carbocycles. The van der Waals surface area contributed by atoms with Gasteiger partial charge in [0.25, 0.3) is 0 Å². The van der Waals surface area contributed by atoms with Crippen LogP contribution >= 0.6 is 0 Å². The van der Waals surface area contributed by atoms with E-state index in [1.807, 2.05) is 34.7 Å². The number of aryl methyl sites for hydroxylation is 2. The summed E-state index contributed by atoms with van der Waals surface area (Å²) < 4.78 is 0. The highest BCUT2D eigenvalue weighted by molar-refractivity contribution is 5.37. The van der Waals surface area contributed by atoms with Crippen molar-refractivity contribution in [2.45, 2.75) is 27.7 Å². The Hall–Kier alpha value is -1.12. The van der Waals surface area contributed by atoms with Crippen molar-refractivity contribution in [3.05, 3.63) is 17.6 Å². The van der Waals surface area contributed by atoms with Gasteiger partial charge in [-0.2, -0.15) is 0 Å². The molecule has 1 rings (SSSR count). The lowest BCUT2D eigenvalue weighted by atomic mass is 10.4. The summed E-state index contributed by atoms with van der Waals surface area (Å²) in [6.45, 7) is 7.87. The van der Waals surface area contributed by atoms with E-state index < -0.39 is 0 Å². The van der Waals surface area contributed by atoms with Crippen LogP contribution in [0.3, 0.4) is 0 Å². The predicted octanol–water partition coefficient (Wildman–Crippen LogP) is 2.16. The van der Waals surface area contributed by atoms with E-state index in [0.717, 1.165) is 17.2 Å². The van der Waals surface area contributed by atoms with E-state index >= 15 is 0 Å². The van der Waals surface area contributed by atoms with E-state index in [9.17, 15) is 0 Å². The standard InChI is InChI=1S/C7H11N3.C2H6/c1-5-4-9-7(8-3)6(2)10-5;1-2/h4H,1-3H3,(H,8,9);1-2H3. The van der Waals surface area contributed by atoms with Gasteiger partial charge in [0.05, 0.1) is 17.6 Å². The zero-order valence-electron chi connectivity index (χ0n) is 8.47. The molecule has 0 aliphatic heterocycles. The third kappa shape index (κ3) is 2.86. The van der Waals surface area contributed by atoms with E-state index in [0.29, 0.717) is 0 Å². The quantitative estimate of drug-likeness (QED) is 0.696. The third-order valence-corrected chi connectivity index (χ3v) is 1.30. The Morgan fingerprint density at radius 1 is 1.25 bits per heavy atom. The highest BCUT2D eigenvalue weighted by Gasteiger charge is 1.96. The zero-order chi connectivity index (χ0) is 9.56. The lowest BCUT2D eigenvalue weighted by Gasteiger charge is -2.01. The summed E-state index contributed by atoms with van der Waals surface area (Å²) in [6, 6.07) is 0. The first-order valence-corrected chi connectivity index (χ1v) is 4.22. The van der Waals surface area contributed by atoms with E-state index in [4.69, 9.17) is 0 Å². The van der Waals surface area contributed by atoms with Crippen LogP contribution < -0.4 is 5.32 Å². The second-order valence-electron chi connectivity index (χ2n) is 2.20. The van der Waals surface area contributed by atoms with Crippen LogP contribution in [0, 0.1) is 13.8 Å². The molecule has 0 amide bonds. The molecular formula is C9H17N3. The first kappa shape index (κ1) is 10.9. The Balaban J connectivity index is 0.000000561. The first-order chi connectivity index (χ1) is 5.74. The van der Waals surface area contributed by atoms with E-state index in [1.54, 1.807) is 6.20 Å². The molecule has 0 radical (unpaired) electrons. The maximum absolute atomic E-state index is 4.22. The SMILES string of the molecule is CC.CNc1ncc(C)nc1C. The van der Waals surface area contributed by atoms with Crippen molar-refractivity contribution >= 4 is 5.82 Å². The van der Waals surface area contributed by atoms with Gasteiger partial charge in [-0.05, 0) is 13.8 Å². The molecule has 0 spiro atoms. The highest BCUT2D eigenvalue weighted by atomic mass is 15.0. The fourth-order valence-electron chi connectivity index (χ4n) is 0.843. The second kappa shape index (κ2) is 5.52. The maximum atomic E-state index is 4.22. The topological polar surface area (TPSA) is 37.8 Å². The smallest absolute Gasteiger partial charge is 0.147 e. The molecule has 0 aliphatic carbocycles. The number of rotatable bonds is 1. The first-order valence-electron chi connectivity index (χ1n) is 4.22. The van der Waals surface area contributed by atoms with Crippen LogP contribution in [0.4, 0.5) is 5.82 Å². The maximum Gasteiger partial charge on any atom is 0.147 e. The van der Waals surface area contributed by atoms with E-state index in [-0.39, 0.29) is 0 Å². The molecule has 12 heavy (non-hydrogen) atoms. The van der Waals surface area contributed by atoms with Crippen LogP contribution in [0.25, 0.3) is 0 Å². The van der Waals surface area contributed by atoms with Crippen LogP contribution in [-0.2, 0) is 0 Å². The molecule has 3 heteroatoms. The second-order valence-corrected chi connectivity index (χ2v) is 2.20. The normalized spacial score (nSPS) is 8.42. The molecule has 1 aromatic heterocycles. The van der Waals surface area contributed by atoms with Crippen LogP contribution in [0.2, 0.25) is 0 Å². The van der Waals surface area contributed by atoms with Gasteiger partial charge >= 0.3 is 0 Å². The average molecular weight is 167 g/mol. The monoisotopic (exact) mass is 167 g/mol. The minimum absolute atomic E-state index is 0.852. The Morgan fingerprint density at radius 3 is 2.25 bits per heavy atom. The van der Waals surface area contributed by atoms with Crippen LogP contribution in [0.15, 0.2) is 6.20 Å². The van der Waals surface area contributed by atoms with Gasteiger partial charge in [0.15, 0.2) is 0 Å². The molecular weight excluding hydrogens is 150 g/mol. The lowest BCUT2D eigenvalue weighted by molar-refractivity contribution is 1.05. The number of hydrogen-bond donors (Lipinski definition) is 1. The number of hydrogen-bond acceptors (Lipinski definition) is 3. The molecule has 1 aromatic rings. The molecule has 0 atom stereocenters. The number of anilines is 1. The predicted molar refractivity (Wildman–Crippen MR) is 52.4 cm³/mol. The molecule has 68 valence electrons. The largest absolute Gasteiger partial charge is 0.372 e. The van der Waals surface area contributed by atoms with Crippen molar-refractivity contribution < 1.29 is 0 Å². The summed E-state index contributed by atoms with van der Waals surface area (Å²) in [6.07, 6.45) is 1.75. The Labute approximate surface area is 74.3 Å². The molecule has 3 nitrogen and oxygen atoms in total. The van der Waals surface area contributed by atoms with Gasteiger partial charge in [-0.3, -0.25) is 4.98 Å². The molecule has 0 aliphatic rings. The van der Waals surface area contributed by atoms with E-state index in [1.165, 1.54) is 0 Å². The fraction of sp³-hybridized carbons (Fsp3) is 0.556. The summed E-state index contributed by atoms with van der Waals surface area (Å²) >= 11 is 0. The van der Waals surface area contributed by atoms with Crippen molar-refractivity contribution in [3.63, 3.8) is 0 Å². The van der Waals surface area contributed by atoms with Gasteiger partial charge < -0.3 is 5.32 Å². The summed E-state index contributed by atoms with van der Waals surface area (Å²) in [5, 5.41) is 2.95. The Kier molecular flexibility index (Phi) is 5.00. The van der Waals surface area contributed by atoms with Crippen LogP contribution in [0.5, 0.6) is 0 Å². The number of aromatic nitrogens is 2. The summed E-state index contributed by atoms with van der Waals surface area (Å²) in [5.74, 6) is 0.852. The minimum Gasteiger partial charge on any atom is -0.372 e. The third-order valence-electron chi connectivity index (χ3n) is 1.30. The summed E-state index contributed by atoms with van der Waals surface area (Å²) in [5.41, 5.74) is 1.90. The van der Waals surface area contributed by atoms with Gasteiger partial charge in [0.1, 0.15) is 5.82 Å². The summed E-state index contributed by atoms with van der Waals surface area (Å²) in [4.78, 5) is 8.34. The molecule has 1 heterocycles. The van der Waals surface area contributed by atoms with Gasteiger partial charge in [0.2, 0.25) is 0 Å². The van der Waals surface area contributed by atoms with Crippen molar-refractivity contribution in [3.8, 4) is 0 Å². The molecule has 0 aromatic carbocycles. The highest BCUT2D eigenvalue weighted by Crippen LogP contribution is 2.05. The van der Waals surface area contributed by atoms with Crippen molar-refractivity contribution in [1.82, 2.24) is 9.97 Å². The Bertz CT molecular complexity index is 233. The molecule has 1 N–H and O–H groups in total. The van der Waals surface area contributed by atoms with Gasteiger partial charge in [-0.1, -0.05) is 13.8 Å². The molecule has 0 bridgehead atoms. The fourth-order valence-corrected chi connectivity index (χ4v) is 0.843. The minimum atomic E-state index is 0.852. The Morgan fingerprint density at radius 2 is 1.83 bits per heavy atom. The van der Waals surface area contributed by atoms with Gasteiger partial charge in [0, 0.05) is 7.05 Å².